The summed E-state index contributed by atoms with van der Waals surface area (Å²) in [6.45, 7) is 2.39. The van der Waals surface area contributed by atoms with E-state index in [0.717, 1.165) is 12.8 Å². The lowest BCUT2D eigenvalue weighted by molar-refractivity contribution is -0.123. The Morgan fingerprint density at radius 1 is 1.73 bits per heavy atom. The SMILES string of the molecule is CCCCNC(=O)C(N)CO. The number of nitrogens with one attached hydrogen (secondary N) is 1. The molecule has 11 heavy (non-hydrogen) atoms. The van der Waals surface area contributed by atoms with E-state index in [2.05, 4.69) is 5.32 Å². The predicted molar refractivity (Wildman–Crippen MR) is 43.0 cm³/mol. The van der Waals surface area contributed by atoms with Crippen LogP contribution in [0.25, 0.3) is 0 Å². The van der Waals surface area contributed by atoms with Gasteiger partial charge in [0.25, 0.3) is 0 Å². The first-order chi connectivity index (χ1) is 5.22. The van der Waals surface area contributed by atoms with E-state index < -0.39 is 6.04 Å². The Morgan fingerprint density at radius 2 is 2.36 bits per heavy atom. The topological polar surface area (TPSA) is 75.4 Å². The van der Waals surface area contributed by atoms with Crippen molar-refractivity contribution in [2.45, 2.75) is 25.8 Å². The van der Waals surface area contributed by atoms with Crippen molar-refractivity contribution in [3.8, 4) is 0 Å². The molecule has 0 aromatic carbocycles. The normalized spacial score (nSPS) is 12.6. The Kier molecular flexibility index (Phi) is 5.78. The summed E-state index contributed by atoms with van der Waals surface area (Å²) in [5.41, 5.74) is 5.24. The number of rotatable bonds is 5. The smallest absolute Gasteiger partial charge is 0.239 e. The fraction of sp³-hybridized carbons (Fsp3) is 0.857. The van der Waals surface area contributed by atoms with Crippen LogP contribution in [0.15, 0.2) is 0 Å². The Labute approximate surface area is 66.8 Å². The van der Waals surface area contributed by atoms with Crippen molar-refractivity contribution in [2.24, 2.45) is 5.73 Å². The Hall–Kier alpha value is -0.610. The first kappa shape index (κ1) is 10.4. The molecular formula is C7H16N2O2. The van der Waals surface area contributed by atoms with Crippen LogP contribution < -0.4 is 11.1 Å². The van der Waals surface area contributed by atoms with Gasteiger partial charge in [-0.1, -0.05) is 13.3 Å². The van der Waals surface area contributed by atoms with E-state index >= 15 is 0 Å². The van der Waals surface area contributed by atoms with E-state index in [-0.39, 0.29) is 12.5 Å². The van der Waals surface area contributed by atoms with E-state index in [9.17, 15) is 4.79 Å². The molecule has 0 aromatic rings. The molecule has 0 spiro atoms. The van der Waals surface area contributed by atoms with Crippen LogP contribution in [0.1, 0.15) is 19.8 Å². The zero-order chi connectivity index (χ0) is 8.69. The van der Waals surface area contributed by atoms with Gasteiger partial charge in [-0.2, -0.15) is 0 Å². The zero-order valence-electron chi connectivity index (χ0n) is 6.84. The maximum absolute atomic E-state index is 10.9. The molecule has 4 nitrogen and oxygen atoms in total. The third-order valence-electron chi connectivity index (χ3n) is 1.36. The lowest BCUT2D eigenvalue weighted by Gasteiger charge is -2.08. The summed E-state index contributed by atoms with van der Waals surface area (Å²) in [6, 6.07) is -0.771. The first-order valence-corrected chi connectivity index (χ1v) is 3.86. The number of nitrogens with two attached hydrogens (primary N) is 1. The first-order valence-electron chi connectivity index (χ1n) is 3.86. The third-order valence-corrected chi connectivity index (χ3v) is 1.36. The average molecular weight is 160 g/mol. The van der Waals surface area contributed by atoms with Crippen LogP contribution in [0.4, 0.5) is 0 Å². The van der Waals surface area contributed by atoms with Gasteiger partial charge < -0.3 is 16.2 Å². The summed E-state index contributed by atoms with van der Waals surface area (Å²) in [7, 11) is 0. The highest BCUT2D eigenvalue weighted by atomic mass is 16.3. The fourth-order valence-corrected chi connectivity index (χ4v) is 0.602. The highest BCUT2D eigenvalue weighted by Gasteiger charge is 2.09. The van der Waals surface area contributed by atoms with Gasteiger partial charge in [-0.3, -0.25) is 4.79 Å². The van der Waals surface area contributed by atoms with E-state index in [1.54, 1.807) is 0 Å². The number of hydrogen-bond acceptors (Lipinski definition) is 3. The van der Waals surface area contributed by atoms with E-state index in [1.165, 1.54) is 0 Å². The lowest BCUT2D eigenvalue weighted by atomic mass is 10.3. The van der Waals surface area contributed by atoms with Crippen molar-refractivity contribution in [3.63, 3.8) is 0 Å². The van der Waals surface area contributed by atoms with Gasteiger partial charge in [-0.05, 0) is 6.42 Å². The Morgan fingerprint density at radius 3 is 2.82 bits per heavy atom. The van der Waals surface area contributed by atoms with Gasteiger partial charge in [-0.15, -0.1) is 0 Å². The molecule has 0 aliphatic heterocycles. The molecule has 0 aliphatic carbocycles. The second-order valence-corrected chi connectivity index (χ2v) is 2.43. The van der Waals surface area contributed by atoms with Gasteiger partial charge in [0.2, 0.25) is 5.91 Å². The maximum Gasteiger partial charge on any atom is 0.239 e. The monoisotopic (exact) mass is 160 g/mol. The molecule has 0 saturated heterocycles. The molecule has 0 saturated carbocycles. The second-order valence-electron chi connectivity index (χ2n) is 2.43. The highest BCUT2D eigenvalue weighted by molar-refractivity contribution is 5.81. The summed E-state index contributed by atoms with van der Waals surface area (Å²) in [6.07, 6.45) is 1.98. The van der Waals surface area contributed by atoms with E-state index in [4.69, 9.17) is 10.8 Å². The number of carbonyl (C=O) groups excluding carboxylic acids is 1. The molecule has 4 N–H and O–H groups in total. The summed E-state index contributed by atoms with van der Waals surface area (Å²) in [5, 5.41) is 11.1. The minimum atomic E-state index is -0.771. The molecule has 0 aromatic heterocycles. The molecule has 0 radical (unpaired) electrons. The van der Waals surface area contributed by atoms with Crippen LogP contribution in [0.2, 0.25) is 0 Å². The molecule has 66 valence electrons. The lowest BCUT2D eigenvalue weighted by Crippen LogP contribution is -2.43. The quantitative estimate of drug-likeness (QED) is 0.462. The van der Waals surface area contributed by atoms with Gasteiger partial charge in [0.1, 0.15) is 6.04 Å². The number of aliphatic hydroxyl groups excluding tert-OH is 1. The van der Waals surface area contributed by atoms with Crippen LogP contribution >= 0.6 is 0 Å². The number of amides is 1. The fourth-order valence-electron chi connectivity index (χ4n) is 0.602. The molecule has 0 heterocycles. The summed E-state index contributed by atoms with van der Waals surface area (Å²) < 4.78 is 0. The third kappa shape index (κ3) is 4.75. The largest absolute Gasteiger partial charge is 0.394 e. The Bertz CT molecular complexity index is 117. The molecule has 1 unspecified atom stereocenters. The van der Waals surface area contributed by atoms with Crippen molar-refractivity contribution >= 4 is 5.91 Å². The van der Waals surface area contributed by atoms with Crippen LogP contribution in [0.5, 0.6) is 0 Å². The zero-order valence-corrected chi connectivity index (χ0v) is 6.84. The molecule has 1 atom stereocenters. The van der Waals surface area contributed by atoms with Gasteiger partial charge >= 0.3 is 0 Å². The van der Waals surface area contributed by atoms with Gasteiger partial charge in [0.05, 0.1) is 6.61 Å². The van der Waals surface area contributed by atoms with Crippen LogP contribution in [-0.4, -0.2) is 30.2 Å². The van der Waals surface area contributed by atoms with Crippen molar-refractivity contribution < 1.29 is 9.90 Å². The predicted octanol–water partition coefficient (Wildman–Crippen LogP) is -0.778. The summed E-state index contributed by atoms with van der Waals surface area (Å²) >= 11 is 0. The maximum atomic E-state index is 10.9. The van der Waals surface area contributed by atoms with Crippen LogP contribution in [-0.2, 0) is 4.79 Å². The minimum absolute atomic E-state index is 0.277. The van der Waals surface area contributed by atoms with Crippen molar-refractivity contribution in [3.05, 3.63) is 0 Å². The van der Waals surface area contributed by atoms with Crippen molar-refractivity contribution in [1.82, 2.24) is 5.32 Å². The number of unbranched alkanes of at least 4 members (excludes halogenated alkanes) is 1. The molecule has 1 amide bonds. The summed E-state index contributed by atoms with van der Waals surface area (Å²) in [5.74, 6) is -0.277. The average Bonchev–Trinajstić information content (AvgIpc) is 2.03. The standard InChI is InChI=1S/C7H16N2O2/c1-2-3-4-9-7(11)6(8)5-10/h6,10H,2-5,8H2,1H3,(H,9,11). The molecule has 0 fully saturated rings. The molecule has 4 heteroatoms. The molecule has 0 aliphatic rings. The van der Waals surface area contributed by atoms with E-state index in [0.29, 0.717) is 6.54 Å². The van der Waals surface area contributed by atoms with Gasteiger partial charge in [-0.25, -0.2) is 0 Å². The number of hydrogen-bond donors (Lipinski definition) is 3. The summed E-state index contributed by atoms with van der Waals surface area (Å²) in [4.78, 5) is 10.9. The van der Waals surface area contributed by atoms with Crippen LogP contribution in [0, 0.1) is 0 Å². The molecule has 0 rings (SSSR count). The van der Waals surface area contributed by atoms with Crippen molar-refractivity contribution in [1.29, 1.82) is 0 Å². The molecule has 0 bridgehead atoms. The van der Waals surface area contributed by atoms with Gasteiger partial charge in [0, 0.05) is 6.54 Å². The Balaban J connectivity index is 3.36. The van der Waals surface area contributed by atoms with E-state index in [1.807, 2.05) is 6.92 Å². The highest BCUT2D eigenvalue weighted by Crippen LogP contribution is 1.83. The van der Waals surface area contributed by atoms with Crippen LogP contribution in [0.3, 0.4) is 0 Å². The van der Waals surface area contributed by atoms with Crippen molar-refractivity contribution in [2.75, 3.05) is 13.2 Å². The minimum Gasteiger partial charge on any atom is -0.394 e. The number of aliphatic hydroxyl groups is 1. The second kappa shape index (κ2) is 6.12. The number of carbonyl (C=O) groups is 1. The molecular weight excluding hydrogens is 144 g/mol. The van der Waals surface area contributed by atoms with Gasteiger partial charge in [0.15, 0.2) is 0 Å².